The molecular weight excluding hydrogens is 260 g/mol. The molecule has 0 aliphatic carbocycles. The summed E-state index contributed by atoms with van der Waals surface area (Å²) in [5.74, 6) is 0.847. The second-order valence-corrected chi connectivity index (χ2v) is 6.64. The minimum Gasteiger partial charge on any atom is -0.341 e. The zero-order valence-corrected chi connectivity index (χ0v) is 14.5. The molecule has 1 amide bonds. The maximum atomic E-state index is 12.7. The second kappa shape index (κ2) is 11.1. The first-order chi connectivity index (χ1) is 10.2. The maximum Gasteiger partial charge on any atom is 0.239 e. The van der Waals surface area contributed by atoms with Crippen LogP contribution >= 0.6 is 0 Å². The smallest absolute Gasteiger partial charge is 0.239 e. The van der Waals surface area contributed by atoms with Gasteiger partial charge in [-0.3, -0.25) is 4.79 Å². The zero-order valence-electron chi connectivity index (χ0n) is 14.5. The Kier molecular flexibility index (Phi) is 9.73. The van der Waals surface area contributed by atoms with E-state index >= 15 is 0 Å². The molecule has 0 saturated carbocycles. The molecular formula is C18H36N2O. The van der Waals surface area contributed by atoms with Gasteiger partial charge in [-0.1, -0.05) is 59.3 Å². The molecule has 124 valence electrons. The Hall–Kier alpha value is -0.570. The van der Waals surface area contributed by atoms with E-state index in [1.165, 1.54) is 38.5 Å². The molecule has 1 fully saturated rings. The third-order valence-corrected chi connectivity index (χ3v) is 4.67. The topological polar surface area (TPSA) is 32.3 Å². The first kappa shape index (κ1) is 18.5. The Morgan fingerprint density at radius 3 is 2.00 bits per heavy atom. The molecule has 2 atom stereocenters. The van der Waals surface area contributed by atoms with E-state index in [1.54, 1.807) is 0 Å². The summed E-state index contributed by atoms with van der Waals surface area (Å²) in [5, 5.41) is 3.40. The van der Waals surface area contributed by atoms with Crippen LogP contribution < -0.4 is 5.32 Å². The Balaban J connectivity index is 2.42. The van der Waals surface area contributed by atoms with Crippen molar-refractivity contribution in [3.8, 4) is 0 Å². The van der Waals surface area contributed by atoms with Gasteiger partial charge in [0.05, 0.1) is 6.04 Å². The SMILES string of the molecule is CCCCCCN(CCCCCC)C(=O)C1NCCC1C. The lowest BCUT2D eigenvalue weighted by molar-refractivity contribution is -0.134. The van der Waals surface area contributed by atoms with Gasteiger partial charge in [-0.05, 0) is 31.7 Å². The second-order valence-electron chi connectivity index (χ2n) is 6.64. The van der Waals surface area contributed by atoms with E-state index in [2.05, 4.69) is 31.0 Å². The number of carbonyl (C=O) groups is 1. The predicted octanol–water partition coefficient (Wildman–Crippen LogP) is 3.97. The Bertz CT molecular complexity index is 268. The quantitative estimate of drug-likeness (QED) is 0.585. The Morgan fingerprint density at radius 2 is 1.57 bits per heavy atom. The van der Waals surface area contributed by atoms with E-state index in [9.17, 15) is 4.79 Å². The lowest BCUT2D eigenvalue weighted by Crippen LogP contribution is -2.46. The van der Waals surface area contributed by atoms with Gasteiger partial charge in [0.1, 0.15) is 0 Å². The maximum absolute atomic E-state index is 12.7. The summed E-state index contributed by atoms with van der Waals surface area (Å²) in [7, 11) is 0. The predicted molar refractivity (Wildman–Crippen MR) is 90.4 cm³/mol. The van der Waals surface area contributed by atoms with Gasteiger partial charge in [0.2, 0.25) is 5.91 Å². The first-order valence-electron chi connectivity index (χ1n) is 9.22. The van der Waals surface area contributed by atoms with E-state index in [0.717, 1.165) is 38.9 Å². The van der Waals surface area contributed by atoms with Gasteiger partial charge in [0.25, 0.3) is 0 Å². The molecule has 1 aliphatic heterocycles. The molecule has 1 N–H and O–H groups in total. The van der Waals surface area contributed by atoms with E-state index < -0.39 is 0 Å². The van der Waals surface area contributed by atoms with Crippen LogP contribution in [0.3, 0.4) is 0 Å². The van der Waals surface area contributed by atoms with Crippen molar-refractivity contribution in [1.82, 2.24) is 10.2 Å². The van der Waals surface area contributed by atoms with Crippen molar-refractivity contribution in [2.75, 3.05) is 19.6 Å². The van der Waals surface area contributed by atoms with Gasteiger partial charge in [-0.2, -0.15) is 0 Å². The summed E-state index contributed by atoms with van der Waals surface area (Å²) in [5.41, 5.74) is 0. The summed E-state index contributed by atoms with van der Waals surface area (Å²) < 4.78 is 0. The number of nitrogens with zero attached hydrogens (tertiary/aromatic N) is 1. The van der Waals surface area contributed by atoms with Crippen LogP contribution in [0.4, 0.5) is 0 Å². The normalized spacial score (nSPS) is 21.7. The van der Waals surface area contributed by atoms with Gasteiger partial charge < -0.3 is 10.2 Å². The number of hydrogen-bond acceptors (Lipinski definition) is 2. The molecule has 0 bridgehead atoms. The number of amides is 1. The fourth-order valence-electron chi connectivity index (χ4n) is 3.15. The fourth-order valence-corrected chi connectivity index (χ4v) is 3.15. The summed E-state index contributed by atoms with van der Waals surface area (Å²) in [6, 6.07) is 0.0716. The lowest BCUT2D eigenvalue weighted by Gasteiger charge is -2.27. The third kappa shape index (κ3) is 6.82. The van der Waals surface area contributed by atoms with Crippen LogP contribution in [-0.4, -0.2) is 36.5 Å². The highest BCUT2D eigenvalue weighted by Crippen LogP contribution is 2.17. The molecule has 1 saturated heterocycles. The minimum absolute atomic E-state index is 0.0716. The minimum atomic E-state index is 0.0716. The van der Waals surface area contributed by atoms with E-state index in [4.69, 9.17) is 0 Å². The largest absolute Gasteiger partial charge is 0.341 e. The van der Waals surface area contributed by atoms with Crippen LogP contribution in [0.25, 0.3) is 0 Å². The van der Waals surface area contributed by atoms with Gasteiger partial charge in [-0.25, -0.2) is 0 Å². The standard InChI is InChI=1S/C18H36N2O/c1-4-6-8-10-14-20(15-11-9-7-5-2)18(21)17-16(3)12-13-19-17/h16-17,19H,4-15H2,1-3H3. The van der Waals surface area contributed by atoms with Crippen molar-refractivity contribution in [1.29, 1.82) is 0 Å². The average molecular weight is 296 g/mol. The molecule has 0 aromatic heterocycles. The van der Waals surface area contributed by atoms with Crippen LogP contribution in [0, 0.1) is 5.92 Å². The van der Waals surface area contributed by atoms with Crippen molar-refractivity contribution in [2.45, 2.75) is 84.6 Å². The molecule has 0 spiro atoms. The number of carbonyl (C=O) groups excluding carboxylic acids is 1. The van der Waals surface area contributed by atoms with Gasteiger partial charge in [-0.15, -0.1) is 0 Å². The zero-order chi connectivity index (χ0) is 15.5. The molecule has 1 rings (SSSR count). The van der Waals surface area contributed by atoms with Crippen molar-refractivity contribution in [3.05, 3.63) is 0 Å². The molecule has 1 aliphatic rings. The fraction of sp³-hybridized carbons (Fsp3) is 0.944. The summed E-state index contributed by atoms with van der Waals surface area (Å²) >= 11 is 0. The molecule has 21 heavy (non-hydrogen) atoms. The highest BCUT2D eigenvalue weighted by Gasteiger charge is 2.32. The lowest BCUT2D eigenvalue weighted by atomic mass is 10.0. The molecule has 0 radical (unpaired) electrons. The van der Waals surface area contributed by atoms with Crippen molar-refractivity contribution in [2.24, 2.45) is 5.92 Å². The highest BCUT2D eigenvalue weighted by atomic mass is 16.2. The summed E-state index contributed by atoms with van der Waals surface area (Å²) in [6.07, 6.45) is 11.0. The van der Waals surface area contributed by atoms with Crippen molar-refractivity contribution < 1.29 is 4.79 Å². The molecule has 0 aromatic rings. The number of hydrogen-bond donors (Lipinski definition) is 1. The Morgan fingerprint density at radius 1 is 1.00 bits per heavy atom. The first-order valence-corrected chi connectivity index (χ1v) is 9.22. The van der Waals surface area contributed by atoms with Gasteiger partial charge in [0, 0.05) is 13.1 Å². The van der Waals surface area contributed by atoms with Crippen molar-refractivity contribution >= 4 is 5.91 Å². The van der Waals surface area contributed by atoms with Crippen LogP contribution in [-0.2, 0) is 4.79 Å². The number of rotatable bonds is 11. The van der Waals surface area contributed by atoms with Crippen LogP contribution in [0.1, 0.15) is 78.6 Å². The highest BCUT2D eigenvalue weighted by molar-refractivity contribution is 5.82. The van der Waals surface area contributed by atoms with E-state index in [0.29, 0.717) is 11.8 Å². The van der Waals surface area contributed by atoms with Crippen LogP contribution in [0.2, 0.25) is 0 Å². The number of nitrogens with one attached hydrogen (secondary N) is 1. The Labute approximate surface area is 131 Å². The summed E-state index contributed by atoms with van der Waals surface area (Å²) in [4.78, 5) is 14.9. The monoisotopic (exact) mass is 296 g/mol. The molecule has 0 aromatic carbocycles. The molecule has 2 unspecified atom stereocenters. The third-order valence-electron chi connectivity index (χ3n) is 4.67. The summed E-state index contributed by atoms with van der Waals surface area (Å²) in [6.45, 7) is 9.58. The van der Waals surface area contributed by atoms with Gasteiger partial charge >= 0.3 is 0 Å². The molecule has 3 nitrogen and oxygen atoms in total. The van der Waals surface area contributed by atoms with E-state index in [1.807, 2.05) is 0 Å². The van der Waals surface area contributed by atoms with Crippen LogP contribution in [0.15, 0.2) is 0 Å². The average Bonchev–Trinajstić information content (AvgIpc) is 2.91. The van der Waals surface area contributed by atoms with E-state index in [-0.39, 0.29) is 6.04 Å². The van der Waals surface area contributed by atoms with Crippen LogP contribution in [0.5, 0.6) is 0 Å². The molecule has 1 heterocycles. The number of unbranched alkanes of at least 4 members (excludes halogenated alkanes) is 6. The molecule has 3 heteroatoms. The van der Waals surface area contributed by atoms with Crippen molar-refractivity contribution in [3.63, 3.8) is 0 Å². The van der Waals surface area contributed by atoms with Gasteiger partial charge in [0.15, 0.2) is 0 Å².